The smallest absolute Gasteiger partial charge is 0.122 e. The van der Waals surface area contributed by atoms with Gasteiger partial charge in [0.25, 0.3) is 0 Å². The first-order valence-electron chi connectivity index (χ1n) is 6.16. The Kier molecular flexibility index (Phi) is 3.11. The van der Waals surface area contributed by atoms with E-state index in [1.165, 1.54) is 23.1 Å². The first kappa shape index (κ1) is 12.0. The number of nitrogens with zero attached hydrogens (tertiary/aromatic N) is 1. The first-order valence-corrected chi connectivity index (χ1v) is 6.16. The number of benzene rings is 1. The van der Waals surface area contributed by atoms with Crippen molar-refractivity contribution in [3.63, 3.8) is 0 Å². The number of methoxy groups -OCH3 is 1. The van der Waals surface area contributed by atoms with Crippen LogP contribution in [0.1, 0.15) is 36.0 Å². The van der Waals surface area contributed by atoms with Gasteiger partial charge in [-0.1, -0.05) is 12.5 Å². The van der Waals surface area contributed by atoms with Crippen LogP contribution in [0.5, 0.6) is 5.75 Å². The molecule has 17 heavy (non-hydrogen) atoms. The molecule has 0 atom stereocenters. The molecule has 0 N–H and O–H groups in total. The molecule has 0 unspecified atom stereocenters. The summed E-state index contributed by atoms with van der Waals surface area (Å²) in [5, 5.41) is 9.28. The van der Waals surface area contributed by atoms with Gasteiger partial charge in [-0.15, -0.1) is 0 Å². The summed E-state index contributed by atoms with van der Waals surface area (Å²) in [6.45, 7) is 4.20. The summed E-state index contributed by atoms with van der Waals surface area (Å²) in [5.74, 6) is 0.936. The van der Waals surface area contributed by atoms with Gasteiger partial charge in [0.15, 0.2) is 0 Å². The normalized spacial score (nSPS) is 17.1. The molecule has 90 valence electrons. The second-order valence-corrected chi connectivity index (χ2v) is 5.10. The first-order chi connectivity index (χ1) is 8.12. The Hall–Kier alpha value is -1.49. The fraction of sp³-hybridized carbons (Fsp3) is 0.533. The van der Waals surface area contributed by atoms with Crippen molar-refractivity contribution in [1.82, 2.24) is 0 Å². The quantitative estimate of drug-likeness (QED) is 0.794. The summed E-state index contributed by atoms with van der Waals surface area (Å²) in [7, 11) is 1.70. The molecule has 1 aliphatic carbocycles. The number of hydrogen-bond acceptors (Lipinski definition) is 2. The topological polar surface area (TPSA) is 33.0 Å². The zero-order valence-corrected chi connectivity index (χ0v) is 10.8. The van der Waals surface area contributed by atoms with E-state index in [1.807, 2.05) is 6.07 Å². The van der Waals surface area contributed by atoms with E-state index in [1.54, 1.807) is 7.11 Å². The van der Waals surface area contributed by atoms with Gasteiger partial charge in [-0.2, -0.15) is 5.26 Å². The van der Waals surface area contributed by atoms with Crippen molar-refractivity contribution in [3.8, 4) is 11.8 Å². The summed E-state index contributed by atoms with van der Waals surface area (Å²) in [6, 6.07) is 6.63. The molecule has 2 nitrogen and oxygen atoms in total. The minimum atomic E-state index is -0.0915. The van der Waals surface area contributed by atoms with E-state index in [2.05, 4.69) is 26.0 Å². The molecule has 1 saturated carbocycles. The van der Waals surface area contributed by atoms with Gasteiger partial charge in [0.2, 0.25) is 0 Å². The number of hydrogen-bond donors (Lipinski definition) is 0. The lowest BCUT2D eigenvalue weighted by atomic mass is 9.66. The standard InChI is InChI=1S/C15H19NO/c1-11-12(2)14(17-3)6-5-13(11)9-15(10-16)7-4-8-15/h5-6H,4,7-9H2,1-3H3. The number of rotatable bonds is 3. The average Bonchev–Trinajstić information content (AvgIpc) is 2.29. The lowest BCUT2D eigenvalue weighted by molar-refractivity contribution is 0.213. The maximum atomic E-state index is 9.28. The van der Waals surface area contributed by atoms with Crippen LogP contribution in [0, 0.1) is 30.6 Å². The number of ether oxygens (including phenoxy) is 1. The van der Waals surface area contributed by atoms with Crippen LogP contribution in [0.2, 0.25) is 0 Å². The summed E-state index contributed by atoms with van der Waals surface area (Å²) in [6.07, 6.45) is 4.18. The Morgan fingerprint density at radius 2 is 2.00 bits per heavy atom. The highest BCUT2D eigenvalue weighted by Crippen LogP contribution is 2.44. The van der Waals surface area contributed by atoms with Crippen molar-refractivity contribution < 1.29 is 4.74 Å². The van der Waals surface area contributed by atoms with Crippen LogP contribution in [0.3, 0.4) is 0 Å². The predicted molar refractivity (Wildman–Crippen MR) is 68.1 cm³/mol. The van der Waals surface area contributed by atoms with Crippen LogP contribution in [0.15, 0.2) is 12.1 Å². The second-order valence-electron chi connectivity index (χ2n) is 5.10. The van der Waals surface area contributed by atoms with E-state index in [0.717, 1.165) is 25.0 Å². The van der Waals surface area contributed by atoms with Crippen LogP contribution in [0.25, 0.3) is 0 Å². The Morgan fingerprint density at radius 1 is 1.29 bits per heavy atom. The zero-order chi connectivity index (χ0) is 12.5. The lowest BCUT2D eigenvalue weighted by Crippen LogP contribution is -2.30. The highest BCUT2D eigenvalue weighted by Gasteiger charge is 2.37. The van der Waals surface area contributed by atoms with E-state index < -0.39 is 0 Å². The van der Waals surface area contributed by atoms with Gasteiger partial charge in [-0.05, 0) is 55.9 Å². The van der Waals surface area contributed by atoms with Crippen molar-refractivity contribution >= 4 is 0 Å². The minimum Gasteiger partial charge on any atom is -0.496 e. The van der Waals surface area contributed by atoms with Crippen molar-refractivity contribution in [1.29, 1.82) is 5.26 Å². The van der Waals surface area contributed by atoms with Gasteiger partial charge in [0, 0.05) is 0 Å². The summed E-state index contributed by atoms with van der Waals surface area (Å²) >= 11 is 0. The minimum absolute atomic E-state index is 0.0915. The molecule has 1 aromatic rings. The SMILES string of the molecule is COc1ccc(CC2(C#N)CCC2)c(C)c1C. The highest BCUT2D eigenvalue weighted by atomic mass is 16.5. The molecular weight excluding hydrogens is 210 g/mol. The highest BCUT2D eigenvalue weighted by molar-refractivity contribution is 5.44. The summed E-state index contributed by atoms with van der Waals surface area (Å²) in [5.41, 5.74) is 3.67. The van der Waals surface area contributed by atoms with Gasteiger partial charge < -0.3 is 4.74 Å². The van der Waals surface area contributed by atoms with Crippen molar-refractivity contribution in [2.24, 2.45) is 5.41 Å². The maximum Gasteiger partial charge on any atom is 0.122 e. The van der Waals surface area contributed by atoms with Crippen LogP contribution in [-0.4, -0.2) is 7.11 Å². The van der Waals surface area contributed by atoms with Crippen molar-refractivity contribution in [2.75, 3.05) is 7.11 Å². The molecular formula is C15H19NO. The van der Waals surface area contributed by atoms with E-state index in [9.17, 15) is 5.26 Å². The van der Waals surface area contributed by atoms with Crippen molar-refractivity contribution in [2.45, 2.75) is 39.5 Å². The number of nitriles is 1. The van der Waals surface area contributed by atoms with E-state index >= 15 is 0 Å². The lowest BCUT2D eigenvalue weighted by Gasteiger charge is -2.35. The molecule has 0 aliphatic heterocycles. The van der Waals surface area contributed by atoms with Gasteiger partial charge in [0.05, 0.1) is 18.6 Å². The Balaban J connectivity index is 2.29. The average molecular weight is 229 g/mol. The molecule has 0 spiro atoms. The molecule has 0 aromatic heterocycles. The molecule has 0 saturated heterocycles. The van der Waals surface area contributed by atoms with Crippen LogP contribution >= 0.6 is 0 Å². The van der Waals surface area contributed by atoms with Gasteiger partial charge in [-0.3, -0.25) is 0 Å². The fourth-order valence-corrected chi connectivity index (χ4v) is 2.56. The van der Waals surface area contributed by atoms with Gasteiger partial charge in [0.1, 0.15) is 5.75 Å². The molecule has 1 aromatic carbocycles. The molecule has 1 aliphatic rings. The molecule has 0 bridgehead atoms. The third-order valence-electron chi connectivity index (χ3n) is 4.15. The molecule has 0 radical (unpaired) electrons. The molecule has 0 amide bonds. The van der Waals surface area contributed by atoms with E-state index in [0.29, 0.717) is 0 Å². The predicted octanol–water partition coefficient (Wildman–Crippen LogP) is 3.55. The monoisotopic (exact) mass is 229 g/mol. The maximum absolute atomic E-state index is 9.28. The third kappa shape index (κ3) is 2.02. The van der Waals surface area contributed by atoms with Crippen LogP contribution in [0.4, 0.5) is 0 Å². The molecule has 1 fully saturated rings. The van der Waals surface area contributed by atoms with E-state index in [4.69, 9.17) is 4.74 Å². The Labute approximate surface area is 103 Å². The fourth-order valence-electron chi connectivity index (χ4n) is 2.56. The largest absolute Gasteiger partial charge is 0.496 e. The van der Waals surface area contributed by atoms with Gasteiger partial charge >= 0.3 is 0 Å². The summed E-state index contributed by atoms with van der Waals surface area (Å²) in [4.78, 5) is 0. The van der Waals surface area contributed by atoms with Gasteiger partial charge in [-0.25, -0.2) is 0 Å². The molecule has 2 heteroatoms. The summed E-state index contributed by atoms with van der Waals surface area (Å²) < 4.78 is 5.31. The second kappa shape index (κ2) is 4.41. The van der Waals surface area contributed by atoms with E-state index in [-0.39, 0.29) is 5.41 Å². The third-order valence-corrected chi connectivity index (χ3v) is 4.15. The zero-order valence-electron chi connectivity index (χ0n) is 10.8. The van der Waals surface area contributed by atoms with Crippen molar-refractivity contribution in [3.05, 3.63) is 28.8 Å². The Bertz CT molecular complexity index is 467. The Morgan fingerprint density at radius 3 is 2.47 bits per heavy atom. The van der Waals surface area contributed by atoms with Crippen LogP contribution < -0.4 is 4.74 Å². The molecule has 2 rings (SSSR count). The van der Waals surface area contributed by atoms with Crippen LogP contribution in [-0.2, 0) is 6.42 Å². The molecule has 0 heterocycles.